The fourth-order valence-corrected chi connectivity index (χ4v) is 4.52. The molecule has 0 amide bonds. The van der Waals surface area contributed by atoms with E-state index < -0.39 is 14.8 Å². The molecule has 3 rings (SSSR count). The fraction of sp³-hybridized carbons (Fsp3) is 0.312. The predicted molar refractivity (Wildman–Crippen MR) is 85.9 cm³/mol. The van der Waals surface area contributed by atoms with Crippen LogP contribution < -0.4 is 0 Å². The van der Waals surface area contributed by atoms with Crippen molar-refractivity contribution < 1.29 is 13.2 Å². The van der Waals surface area contributed by atoms with Gasteiger partial charge < -0.3 is 4.74 Å². The largest absolute Gasteiger partial charge is 0.497 e. The van der Waals surface area contributed by atoms with E-state index in [0.717, 1.165) is 5.39 Å². The number of pyridine rings is 1. The maximum atomic E-state index is 13.2. The monoisotopic (exact) mass is 318 g/mol. The Labute approximate surface area is 130 Å². The van der Waals surface area contributed by atoms with E-state index in [0.29, 0.717) is 11.4 Å². The lowest BCUT2D eigenvalue weighted by Crippen LogP contribution is -2.44. The van der Waals surface area contributed by atoms with Crippen molar-refractivity contribution in [3.05, 3.63) is 54.6 Å². The summed E-state index contributed by atoms with van der Waals surface area (Å²) in [6.07, 6.45) is 8.48. The third-order valence-electron chi connectivity index (χ3n) is 4.35. The van der Waals surface area contributed by atoms with Gasteiger partial charge in [0.15, 0.2) is 5.65 Å². The van der Waals surface area contributed by atoms with Crippen molar-refractivity contribution in [1.29, 1.82) is 0 Å². The number of fused-ring (bicyclic) bond motifs is 1. The highest BCUT2D eigenvalue weighted by molar-refractivity contribution is 7.91. The molecule has 0 aliphatic heterocycles. The molecule has 2 unspecified atom stereocenters. The zero-order valence-corrected chi connectivity index (χ0v) is 13.5. The first-order valence-electron chi connectivity index (χ1n) is 7.02. The maximum Gasteiger partial charge on any atom is 0.250 e. The molecular formula is C16H18N2O3S. The molecule has 0 spiro atoms. The SMILES string of the molecule is COC1=CC(C)(S(=O)(=O)n2ccc3cccnc32)C(C)C=C1. The number of nitrogens with zero attached hydrogens (tertiary/aromatic N) is 2. The minimum Gasteiger partial charge on any atom is -0.497 e. The van der Waals surface area contributed by atoms with Crippen molar-refractivity contribution in [2.45, 2.75) is 18.6 Å². The Morgan fingerprint density at radius 2 is 2.14 bits per heavy atom. The molecule has 0 fully saturated rings. The van der Waals surface area contributed by atoms with Crippen LogP contribution in [-0.4, -0.2) is 29.2 Å². The number of hydrogen-bond donors (Lipinski definition) is 0. The smallest absolute Gasteiger partial charge is 0.250 e. The van der Waals surface area contributed by atoms with Gasteiger partial charge >= 0.3 is 0 Å². The standard InChI is InChI=1S/C16H18N2O3S/c1-12-6-7-14(21-3)11-16(12,2)22(19,20)18-10-8-13-5-4-9-17-15(13)18/h4-12H,1-3H3. The summed E-state index contributed by atoms with van der Waals surface area (Å²) >= 11 is 0. The summed E-state index contributed by atoms with van der Waals surface area (Å²) in [7, 11) is -2.16. The highest BCUT2D eigenvalue weighted by Crippen LogP contribution is 2.36. The molecule has 0 aromatic carbocycles. The molecule has 0 saturated carbocycles. The minimum absolute atomic E-state index is 0.183. The van der Waals surface area contributed by atoms with Gasteiger partial charge in [-0.1, -0.05) is 13.0 Å². The summed E-state index contributed by atoms with van der Waals surface area (Å²) in [6.45, 7) is 3.60. The van der Waals surface area contributed by atoms with E-state index in [1.165, 1.54) is 11.1 Å². The Balaban J connectivity index is 2.21. The van der Waals surface area contributed by atoms with Crippen LogP contribution in [-0.2, 0) is 14.8 Å². The lowest BCUT2D eigenvalue weighted by molar-refractivity contribution is 0.297. The van der Waals surface area contributed by atoms with Crippen LogP contribution in [0.5, 0.6) is 0 Å². The van der Waals surface area contributed by atoms with Crippen molar-refractivity contribution in [2.75, 3.05) is 7.11 Å². The van der Waals surface area contributed by atoms with E-state index in [1.54, 1.807) is 43.6 Å². The van der Waals surface area contributed by atoms with Gasteiger partial charge in [0.2, 0.25) is 10.0 Å². The Kier molecular flexibility index (Phi) is 3.36. The van der Waals surface area contributed by atoms with Crippen LogP contribution in [0.2, 0.25) is 0 Å². The third kappa shape index (κ3) is 1.98. The maximum absolute atomic E-state index is 13.2. The van der Waals surface area contributed by atoms with E-state index in [2.05, 4.69) is 4.98 Å². The summed E-state index contributed by atoms with van der Waals surface area (Å²) in [5, 5.41) is 0.796. The zero-order chi connectivity index (χ0) is 16.0. The molecule has 1 aliphatic carbocycles. The minimum atomic E-state index is -3.69. The second-order valence-electron chi connectivity index (χ2n) is 5.62. The fourth-order valence-electron chi connectivity index (χ4n) is 2.68. The molecule has 5 nitrogen and oxygen atoms in total. The number of aromatic nitrogens is 2. The third-order valence-corrected chi connectivity index (χ3v) is 6.76. The number of rotatable bonds is 3. The van der Waals surface area contributed by atoms with Gasteiger partial charge in [0, 0.05) is 17.8 Å². The van der Waals surface area contributed by atoms with Crippen LogP contribution in [0.1, 0.15) is 13.8 Å². The summed E-state index contributed by atoms with van der Waals surface area (Å²) < 4.78 is 31.9. The Morgan fingerprint density at radius 1 is 1.36 bits per heavy atom. The van der Waals surface area contributed by atoms with Crippen molar-refractivity contribution >= 4 is 21.1 Å². The highest BCUT2D eigenvalue weighted by Gasteiger charge is 2.45. The van der Waals surface area contributed by atoms with Crippen molar-refractivity contribution in [3.63, 3.8) is 0 Å². The van der Waals surface area contributed by atoms with Crippen LogP contribution in [0, 0.1) is 5.92 Å². The normalized spacial score (nSPS) is 25.2. The predicted octanol–water partition coefficient (Wildman–Crippen LogP) is 2.71. The number of methoxy groups -OCH3 is 1. The van der Waals surface area contributed by atoms with Crippen LogP contribution in [0.4, 0.5) is 0 Å². The van der Waals surface area contributed by atoms with Gasteiger partial charge in [-0.25, -0.2) is 17.4 Å². The molecule has 0 bridgehead atoms. The molecule has 2 aromatic heterocycles. The van der Waals surface area contributed by atoms with Gasteiger partial charge in [0.1, 0.15) is 10.5 Å². The van der Waals surface area contributed by atoms with Crippen molar-refractivity contribution in [1.82, 2.24) is 8.96 Å². The van der Waals surface area contributed by atoms with Crippen LogP contribution in [0.15, 0.2) is 54.6 Å². The van der Waals surface area contributed by atoms with Gasteiger partial charge in [-0.3, -0.25) is 0 Å². The second-order valence-corrected chi connectivity index (χ2v) is 7.84. The van der Waals surface area contributed by atoms with Crippen LogP contribution >= 0.6 is 0 Å². The first-order chi connectivity index (χ1) is 10.4. The lowest BCUT2D eigenvalue weighted by atomic mass is 9.90. The molecule has 0 N–H and O–H groups in total. The number of allylic oxidation sites excluding steroid dienone is 2. The molecule has 116 valence electrons. The molecule has 6 heteroatoms. The molecule has 2 atom stereocenters. The Hall–Kier alpha value is -2.08. The van der Waals surface area contributed by atoms with E-state index in [4.69, 9.17) is 4.74 Å². The average molecular weight is 318 g/mol. The topological polar surface area (TPSA) is 61.2 Å². The van der Waals surface area contributed by atoms with Gasteiger partial charge in [0.25, 0.3) is 0 Å². The molecule has 0 saturated heterocycles. The van der Waals surface area contributed by atoms with Crippen molar-refractivity contribution in [2.24, 2.45) is 5.92 Å². The first kappa shape index (κ1) is 14.8. The molecule has 22 heavy (non-hydrogen) atoms. The van der Waals surface area contributed by atoms with Crippen LogP contribution in [0.3, 0.4) is 0 Å². The molecule has 1 aliphatic rings. The highest BCUT2D eigenvalue weighted by atomic mass is 32.2. The van der Waals surface area contributed by atoms with E-state index in [1.807, 2.05) is 19.1 Å². The quantitative estimate of drug-likeness (QED) is 0.873. The lowest BCUT2D eigenvalue weighted by Gasteiger charge is -2.33. The summed E-state index contributed by atoms with van der Waals surface area (Å²) in [5.74, 6) is 0.367. The Bertz CT molecular complexity index is 880. The number of ether oxygens (including phenoxy) is 1. The Morgan fingerprint density at radius 3 is 2.86 bits per heavy atom. The number of hydrogen-bond acceptors (Lipinski definition) is 4. The van der Waals surface area contributed by atoms with Gasteiger partial charge in [-0.2, -0.15) is 0 Å². The van der Waals surface area contributed by atoms with Crippen LogP contribution in [0.25, 0.3) is 11.0 Å². The summed E-state index contributed by atoms with van der Waals surface area (Å²) in [5.41, 5.74) is 0.442. The summed E-state index contributed by atoms with van der Waals surface area (Å²) in [6, 6.07) is 5.39. The molecular weight excluding hydrogens is 300 g/mol. The van der Waals surface area contributed by atoms with Gasteiger partial charge in [-0.05, 0) is 43.2 Å². The van der Waals surface area contributed by atoms with E-state index in [9.17, 15) is 8.42 Å². The molecule has 0 radical (unpaired) electrons. The van der Waals surface area contributed by atoms with E-state index in [-0.39, 0.29) is 5.92 Å². The first-order valence-corrected chi connectivity index (χ1v) is 8.46. The van der Waals surface area contributed by atoms with Crippen molar-refractivity contribution in [3.8, 4) is 0 Å². The average Bonchev–Trinajstić information content (AvgIpc) is 2.94. The molecule has 2 aromatic rings. The molecule has 2 heterocycles. The van der Waals surface area contributed by atoms with Gasteiger partial charge in [0.05, 0.1) is 7.11 Å². The second kappa shape index (κ2) is 4.98. The van der Waals surface area contributed by atoms with Gasteiger partial charge in [-0.15, -0.1) is 0 Å². The zero-order valence-electron chi connectivity index (χ0n) is 12.7. The van der Waals surface area contributed by atoms with E-state index >= 15 is 0 Å². The summed E-state index contributed by atoms with van der Waals surface area (Å²) in [4.78, 5) is 4.21.